The van der Waals surface area contributed by atoms with Crippen LogP contribution >= 0.6 is 0 Å². The first kappa shape index (κ1) is 48.1. The smallest absolute Gasteiger partial charge is 0.255 e. The van der Waals surface area contributed by atoms with E-state index in [1.807, 2.05) is 30.3 Å². The summed E-state index contributed by atoms with van der Waals surface area (Å²) in [7, 11) is 1.41. The van der Waals surface area contributed by atoms with E-state index in [-0.39, 0.29) is 56.8 Å². The van der Waals surface area contributed by atoms with Gasteiger partial charge in [-0.1, -0.05) is 57.2 Å². The summed E-state index contributed by atoms with van der Waals surface area (Å²) in [6.07, 6.45) is 1.41. The third-order valence-electron chi connectivity index (χ3n) is 10.6. The second-order valence-corrected chi connectivity index (χ2v) is 16.3. The minimum atomic E-state index is -1.40. The maximum Gasteiger partial charge on any atom is 0.255 e. The molecule has 338 valence electrons. The van der Waals surface area contributed by atoms with Crippen LogP contribution in [0.3, 0.4) is 0 Å². The highest BCUT2D eigenvalue weighted by atomic mass is 16.5. The number of amides is 5. The molecule has 1 aromatic heterocycles. The van der Waals surface area contributed by atoms with Gasteiger partial charge in [0.05, 0.1) is 17.3 Å². The number of likely N-dealkylation sites (N-methyl/N-ethyl adjacent to an activating group) is 1. The monoisotopic (exact) mass is 875 g/mol. The summed E-state index contributed by atoms with van der Waals surface area (Å²) in [4.78, 5) is 80.5. The highest BCUT2D eigenvalue weighted by Crippen LogP contribution is 2.41. The molecule has 4 atom stereocenters. The van der Waals surface area contributed by atoms with Crippen molar-refractivity contribution >= 4 is 29.5 Å². The van der Waals surface area contributed by atoms with Crippen LogP contribution in [-0.2, 0) is 24.6 Å². The molecule has 1 aliphatic rings. The molecule has 18 nitrogen and oxygen atoms in total. The zero-order valence-electron chi connectivity index (χ0n) is 37.0. The Hall–Kier alpha value is -6.94. The van der Waals surface area contributed by atoms with Crippen molar-refractivity contribution in [1.82, 2.24) is 36.1 Å². The van der Waals surface area contributed by atoms with Gasteiger partial charge in [0.25, 0.3) is 5.91 Å². The van der Waals surface area contributed by atoms with Gasteiger partial charge >= 0.3 is 0 Å². The van der Waals surface area contributed by atoms with Gasteiger partial charge in [-0.15, -0.1) is 0 Å². The molecule has 0 spiro atoms. The summed E-state index contributed by atoms with van der Waals surface area (Å²) in [6, 6.07) is 14.3. The fourth-order valence-corrected chi connectivity index (χ4v) is 7.14. The maximum absolute atomic E-state index is 14.6. The Kier molecular flexibility index (Phi) is 16.1. The average molecular weight is 876 g/mol. The molecule has 0 radical (unpaired) electrons. The highest BCUT2D eigenvalue weighted by Gasteiger charge is 2.36. The Morgan fingerprint density at radius 1 is 0.891 bits per heavy atom. The van der Waals surface area contributed by atoms with Gasteiger partial charge in [-0.2, -0.15) is 5.26 Å². The number of aromatic nitrogens is 2. The van der Waals surface area contributed by atoms with Crippen LogP contribution in [0.4, 0.5) is 0 Å². The minimum absolute atomic E-state index is 0.0000681. The average Bonchev–Trinajstić information content (AvgIpc) is 3.27. The molecule has 5 amide bonds. The van der Waals surface area contributed by atoms with E-state index in [1.54, 1.807) is 43.3 Å². The molecule has 2 heterocycles. The SMILES string of the molecule is Cc1nc(-c2ccc(C(C)(C)C)cc2)ncc1C(=O)N[C@@H](CCN)C(=O)N(C)[C@@H]1C(=O)N[C@@H](C)C(=O)N[C@H](C(=O)NCC#N)c2ccc(OCCN)c(c2)-c2cc1ccc2OCCN. The second kappa shape index (κ2) is 21.4. The van der Waals surface area contributed by atoms with Crippen molar-refractivity contribution < 1.29 is 33.4 Å². The quantitative estimate of drug-likeness (QED) is 0.0844. The van der Waals surface area contributed by atoms with Gasteiger partial charge in [-0.05, 0) is 73.2 Å². The summed E-state index contributed by atoms with van der Waals surface area (Å²) >= 11 is 0. The lowest BCUT2D eigenvalue weighted by Crippen LogP contribution is -2.54. The molecular weight excluding hydrogens is 819 g/mol. The third kappa shape index (κ3) is 11.4. The van der Waals surface area contributed by atoms with Crippen molar-refractivity contribution in [1.29, 1.82) is 5.26 Å². The van der Waals surface area contributed by atoms with E-state index in [1.165, 1.54) is 25.1 Å². The number of hydrogen-bond acceptors (Lipinski definition) is 13. The molecule has 4 aromatic rings. The van der Waals surface area contributed by atoms with Crippen LogP contribution in [0.1, 0.15) is 78.9 Å². The lowest BCUT2D eigenvalue weighted by Gasteiger charge is -2.32. The number of hydrogen-bond donors (Lipinski definition) is 7. The van der Waals surface area contributed by atoms with Crippen molar-refractivity contribution in [2.75, 3.05) is 46.4 Å². The van der Waals surface area contributed by atoms with E-state index in [0.717, 1.165) is 11.1 Å². The van der Waals surface area contributed by atoms with Crippen LogP contribution < -0.4 is 47.9 Å². The van der Waals surface area contributed by atoms with E-state index >= 15 is 0 Å². The molecule has 4 bridgehead atoms. The Bertz CT molecular complexity index is 2390. The number of nitrogens with one attached hydrogen (secondary N) is 4. The number of carbonyl (C=O) groups is 5. The molecule has 0 fully saturated rings. The molecule has 1 aliphatic heterocycles. The Morgan fingerprint density at radius 3 is 2.06 bits per heavy atom. The van der Waals surface area contributed by atoms with Crippen LogP contribution in [0.2, 0.25) is 0 Å². The lowest BCUT2D eigenvalue weighted by atomic mass is 9.87. The van der Waals surface area contributed by atoms with Gasteiger partial charge in [0.1, 0.15) is 55.4 Å². The first-order valence-electron chi connectivity index (χ1n) is 20.9. The van der Waals surface area contributed by atoms with Gasteiger partial charge in [0.2, 0.25) is 23.6 Å². The number of nitrogens with two attached hydrogens (primary N) is 3. The molecule has 5 rings (SSSR count). The standard InChI is InChI=1S/C46H57N11O7/c1-26-34(25-52-40(53-26)28-7-11-31(12-8-28)46(3,4)5)42(59)55-35(15-16-47)45(62)57(6)39-30-10-14-37(64-22-19-50)33(24-30)32-23-29(9-13-36(32)63-21-18-49)38(43(60)51-20-17-48)56-41(58)27(2)54-44(39)61/h7-14,23-25,27,35,38-39H,15-16,18-22,47,49-50H2,1-6H3,(H,51,60)(H,54,61)(H,55,59)(H,56,58)/t27-,35-,38-,39-/m0/s1. The Balaban J connectivity index is 1.56. The van der Waals surface area contributed by atoms with Crippen molar-refractivity contribution in [3.63, 3.8) is 0 Å². The van der Waals surface area contributed by atoms with Gasteiger partial charge < -0.3 is 52.8 Å². The third-order valence-corrected chi connectivity index (χ3v) is 10.6. The van der Waals surface area contributed by atoms with E-state index in [2.05, 4.69) is 52.0 Å². The Labute approximate surface area is 372 Å². The molecular formula is C46H57N11O7. The molecule has 0 unspecified atom stereocenters. The number of benzene rings is 3. The van der Waals surface area contributed by atoms with Crippen molar-refractivity contribution in [3.8, 4) is 40.1 Å². The zero-order valence-corrected chi connectivity index (χ0v) is 37.0. The number of fused-ring (bicyclic) bond motifs is 5. The van der Waals surface area contributed by atoms with E-state index in [4.69, 9.17) is 26.7 Å². The number of carbonyl (C=O) groups excluding carboxylic acids is 5. The first-order valence-corrected chi connectivity index (χ1v) is 20.9. The molecule has 0 aliphatic carbocycles. The summed E-state index contributed by atoms with van der Waals surface area (Å²) < 4.78 is 12.1. The minimum Gasteiger partial charge on any atom is -0.492 e. The summed E-state index contributed by atoms with van der Waals surface area (Å²) in [5, 5.41) is 19.9. The predicted molar refractivity (Wildman–Crippen MR) is 239 cm³/mol. The summed E-state index contributed by atoms with van der Waals surface area (Å²) in [5.74, 6) is -2.38. The Morgan fingerprint density at radius 2 is 1.50 bits per heavy atom. The number of nitrogens with zero attached hydrogens (tertiary/aromatic N) is 4. The van der Waals surface area contributed by atoms with Crippen LogP contribution in [0.15, 0.2) is 66.9 Å². The summed E-state index contributed by atoms with van der Waals surface area (Å²) in [6.45, 7) is 9.69. The highest BCUT2D eigenvalue weighted by molar-refractivity contribution is 6.00. The van der Waals surface area contributed by atoms with Gasteiger partial charge in [-0.25, -0.2) is 9.97 Å². The second-order valence-electron chi connectivity index (χ2n) is 16.3. The molecule has 0 saturated carbocycles. The topological polar surface area (TPSA) is 283 Å². The van der Waals surface area contributed by atoms with Gasteiger partial charge in [-0.3, -0.25) is 24.0 Å². The molecule has 64 heavy (non-hydrogen) atoms. The van der Waals surface area contributed by atoms with Crippen LogP contribution in [0.25, 0.3) is 22.5 Å². The number of aryl methyl sites for hydroxylation is 1. The molecule has 10 N–H and O–H groups in total. The van der Waals surface area contributed by atoms with Gasteiger partial charge in [0.15, 0.2) is 5.82 Å². The molecule has 0 saturated heterocycles. The van der Waals surface area contributed by atoms with Crippen LogP contribution in [0, 0.1) is 18.3 Å². The first-order chi connectivity index (χ1) is 30.5. The normalized spacial score (nSPS) is 16.6. The largest absolute Gasteiger partial charge is 0.492 e. The van der Waals surface area contributed by atoms with E-state index in [9.17, 15) is 29.2 Å². The van der Waals surface area contributed by atoms with Crippen molar-refractivity contribution in [2.24, 2.45) is 17.2 Å². The zero-order chi connectivity index (χ0) is 46.7. The summed E-state index contributed by atoms with van der Waals surface area (Å²) in [5.41, 5.74) is 21.4. The van der Waals surface area contributed by atoms with Crippen molar-refractivity contribution in [3.05, 3.63) is 94.8 Å². The predicted octanol–water partition coefficient (Wildman–Crippen LogP) is 2.05. The van der Waals surface area contributed by atoms with Crippen LogP contribution in [-0.4, -0.2) is 103 Å². The lowest BCUT2D eigenvalue weighted by molar-refractivity contribution is -0.141. The fourth-order valence-electron chi connectivity index (χ4n) is 7.14. The fraction of sp³-hybridized carbons (Fsp3) is 0.391. The number of nitriles is 1. The number of ether oxygens (including phenoxy) is 2. The van der Waals surface area contributed by atoms with E-state index in [0.29, 0.717) is 45.3 Å². The van der Waals surface area contributed by atoms with Gasteiger partial charge in [0, 0.05) is 43.0 Å². The van der Waals surface area contributed by atoms with E-state index < -0.39 is 53.7 Å². The molecule has 3 aromatic carbocycles. The van der Waals surface area contributed by atoms with Crippen LogP contribution in [0.5, 0.6) is 11.5 Å². The molecule has 18 heteroatoms. The van der Waals surface area contributed by atoms with Crippen molar-refractivity contribution in [2.45, 2.75) is 70.6 Å². The number of rotatable bonds is 15. The maximum atomic E-state index is 14.6.